The van der Waals surface area contributed by atoms with Crippen molar-refractivity contribution in [1.29, 1.82) is 0 Å². The van der Waals surface area contributed by atoms with Crippen LogP contribution in [-0.4, -0.2) is 16.6 Å². The third-order valence-electron chi connectivity index (χ3n) is 4.70. The number of aliphatic hydroxyl groups is 1. The van der Waals surface area contributed by atoms with Crippen LogP contribution in [0.3, 0.4) is 0 Å². The van der Waals surface area contributed by atoms with Crippen molar-refractivity contribution in [3.63, 3.8) is 0 Å². The molecule has 1 aliphatic carbocycles. The molecular formula is C20H29NO2. The van der Waals surface area contributed by atoms with E-state index in [1.807, 2.05) is 52.8 Å². The molecule has 0 unspecified atom stereocenters. The standard InChI is InChI=1S/C20H29NO2/c1-14(21-18(22)19(2,3)4)16-12-9-13-20(5,23)17(16)15-10-7-6-8-11-15/h6-8,10-11,17,23H,9,12-13H2,1-5H3,(H,21,22)/b16-14-/t17-,20+/m0/s1. The van der Waals surface area contributed by atoms with Crippen LogP contribution in [-0.2, 0) is 4.79 Å². The molecule has 3 heteroatoms. The Morgan fingerprint density at radius 3 is 2.43 bits per heavy atom. The van der Waals surface area contributed by atoms with Crippen molar-refractivity contribution in [2.45, 2.75) is 65.4 Å². The lowest BCUT2D eigenvalue weighted by Crippen LogP contribution is -2.40. The topological polar surface area (TPSA) is 49.3 Å². The average molecular weight is 315 g/mol. The summed E-state index contributed by atoms with van der Waals surface area (Å²) < 4.78 is 0. The Bertz CT molecular complexity index is 594. The summed E-state index contributed by atoms with van der Waals surface area (Å²) in [7, 11) is 0. The van der Waals surface area contributed by atoms with E-state index >= 15 is 0 Å². The number of carbonyl (C=O) groups excluding carboxylic acids is 1. The van der Waals surface area contributed by atoms with E-state index < -0.39 is 11.0 Å². The molecule has 1 aliphatic rings. The van der Waals surface area contributed by atoms with E-state index in [1.165, 1.54) is 0 Å². The second kappa shape index (κ2) is 6.48. The molecule has 3 nitrogen and oxygen atoms in total. The zero-order valence-electron chi connectivity index (χ0n) is 14.9. The van der Waals surface area contributed by atoms with Crippen molar-refractivity contribution >= 4 is 5.91 Å². The fourth-order valence-electron chi connectivity index (χ4n) is 3.35. The number of rotatable bonds is 2. The van der Waals surface area contributed by atoms with Crippen LogP contribution >= 0.6 is 0 Å². The zero-order chi connectivity index (χ0) is 17.3. The number of amides is 1. The molecule has 1 aromatic rings. The summed E-state index contributed by atoms with van der Waals surface area (Å²) in [5.41, 5.74) is 1.92. The van der Waals surface area contributed by atoms with Crippen LogP contribution in [0.2, 0.25) is 0 Å². The van der Waals surface area contributed by atoms with E-state index in [1.54, 1.807) is 0 Å². The van der Waals surface area contributed by atoms with Crippen molar-refractivity contribution in [3.8, 4) is 0 Å². The van der Waals surface area contributed by atoms with Crippen LogP contribution in [0.15, 0.2) is 41.6 Å². The Kier molecular flexibility index (Phi) is 5.00. The Morgan fingerprint density at radius 1 is 1.26 bits per heavy atom. The molecule has 23 heavy (non-hydrogen) atoms. The maximum Gasteiger partial charge on any atom is 0.229 e. The molecular weight excluding hydrogens is 286 g/mol. The SMILES string of the molecule is C/C(NC(=O)C(C)(C)C)=C1\CCC[C@@](C)(O)[C@H]1c1ccccc1. The molecule has 0 heterocycles. The second-order valence-electron chi connectivity index (χ2n) is 7.91. The first-order chi connectivity index (χ1) is 10.6. The Morgan fingerprint density at radius 2 is 1.87 bits per heavy atom. The van der Waals surface area contributed by atoms with Gasteiger partial charge in [0.05, 0.1) is 5.60 Å². The minimum atomic E-state index is -0.789. The van der Waals surface area contributed by atoms with Gasteiger partial charge in [0.25, 0.3) is 0 Å². The summed E-state index contributed by atoms with van der Waals surface area (Å²) in [6, 6.07) is 10.1. The predicted molar refractivity (Wildman–Crippen MR) is 94.0 cm³/mol. The lowest BCUT2D eigenvalue weighted by atomic mass is 9.69. The molecule has 0 radical (unpaired) electrons. The molecule has 0 spiro atoms. The Hall–Kier alpha value is -1.61. The molecule has 0 aromatic heterocycles. The predicted octanol–water partition coefficient (Wildman–Crippen LogP) is 4.14. The quantitative estimate of drug-likeness (QED) is 0.861. The van der Waals surface area contributed by atoms with Crippen LogP contribution in [0, 0.1) is 5.41 Å². The lowest BCUT2D eigenvalue weighted by Gasteiger charge is -2.40. The highest BCUT2D eigenvalue weighted by atomic mass is 16.3. The van der Waals surface area contributed by atoms with E-state index in [4.69, 9.17) is 0 Å². The molecule has 0 saturated heterocycles. The summed E-state index contributed by atoms with van der Waals surface area (Å²) in [6.07, 6.45) is 2.62. The average Bonchev–Trinajstić information content (AvgIpc) is 2.45. The smallest absolute Gasteiger partial charge is 0.229 e. The van der Waals surface area contributed by atoms with Crippen molar-refractivity contribution in [1.82, 2.24) is 5.32 Å². The molecule has 0 aliphatic heterocycles. The van der Waals surface area contributed by atoms with Gasteiger partial charge in [0, 0.05) is 17.0 Å². The van der Waals surface area contributed by atoms with Gasteiger partial charge in [-0.3, -0.25) is 4.79 Å². The number of hydrogen-bond acceptors (Lipinski definition) is 2. The molecule has 1 fully saturated rings. The van der Waals surface area contributed by atoms with Gasteiger partial charge >= 0.3 is 0 Å². The maximum atomic E-state index is 12.3. The first-order valence-corrected chi connectivity index (χ1v) is 8.41. The number of hydrogen-bond donors (Lipinski definition) is 2. The van der Waals surface area contributed by atoms with Gasteiger partial charge in [-0.25, -0.2) is 0 Å². The van der Waals surface area contributed by atoms with Gasteiger partial charge in [-0.1, -0.05) is 51.1 Å². The highest BCUT2D eigenvalue weighted by Gasteiger charge is 2.39. The van der Waals surface area contributed by atoms with Crippen LogP contribution in [0.4, 0.5) is 0 Å². The van der Waals surface area contributed by atoms with Crippen molar-refractivity contribution in [3.05, 3.63) is 47.2 Å². The van der Waals surface area contributed by atoms with Gasteiger partial charge in [-0.05, 0) is 44.2 Å². The summed E-state index contributed by atoms with van der Waals surface area (Å²) in [5, 5.41) is 14.0. The van der Waals surface area contributed by atoms with Gasteiger partial charge in [0.15, 0.2) is 0 Å². The van der Waals surface area contributed by atoms with E-state index in [0.29, 0.717) is 0 Å². The van der Waals surface area contributed by atoms with E-state index in [0.717, 1.165) is 36.1 Å². The van der Waals surface area contributed by atoms with Gasteiger partial charge < -0.3 is 10.4 Å². The van der Waals surface area contributed by atoms with Crippen LogP contribution in [0.5, 0.6) is 0 Å². The van der Waals surface area contributed by atoms with E-state index in [9.17, 15) is 9.90 Å². The minimum absolute atomic E-state index is 0.0135. The van der Waals surface area contributed by atoms with Crippen molar-refractivity contribution < 1.29 is 9.90 Å². The first kappa shape index (κ1) is 17.7. The van der Waals surface area contributed by atoms with Crippen LogP contribution in [0.25, 0.3) is 0 Å². The maximum absolute atomic E-state index is 12.3. The Labute approximate surface area is 139 Å². The second-order valence-corrected chi connectivity index (χ2v) is 7.91. The van der Waals surface area contributed by atoms with Gasteiger partial charge in [0.2, 0.25) is 5.91 Å². The normalized spacial score (nSPS) is 27.5. The Balaban J connectivity index is 2.41. The molecule has 2 N–H and O–H groups in total. The molecule has 0 bridgehead atoms. The summed E-state index contributed by atoms with van der Waals surface area (Å²) in [5.74, 6) is -0.0581. The van der Waals surface area contributed by atoms with Crippen LogP contribution in [0.1, 0.15) is 65.4 Å². The largest absolute Gasteiger partial charge is 0.389 e. The number of carbonyl (C=O) groups is 1. The summed E-state index contributed by atoms with van der Waals surface area (Å²) in [4.78, 5) is 12.3. The molecule has 2 atom stereocenters. The highest BCUT2D eigenvalue weighted by molar-refractivity contribution is 5.83. The fraction of sp³-hybridized carbons (Fsp3) is 0.550. The van der Waals surface area contributed by atoms with Gasteiger partial charge in [0.1, 0.15) is 0 Å². The highest BCUT2D eigenvalue weighted by Crippen LogP contribution is 2.45. The fourth-order valence-corrected chi connectivity index (χ4v) is 3.35. The van der Waals surface area contributed by atoms with E-state index in [-0.39, 0.29) is 11.8 Å². The number of nitrogens with one attached hydrogen (secondary N) is 1. The third-order valence-corrected chi connectivity index (χ3v) is 4.70. The number of benzene rings is 1. The van der Waals surface area contributed by atoms with Crippen LogP contribution < -0.4 is 5.32 Å². The third kappa shape index (κ3) is 4.03. The van der Waals surface area contributed by atoms with Gasteiger partial charge in [-0.2, -0.15) is 0 Å². The molecule has 1 amide bonds. The zero-order valence-corrected chi connectivity index (χ0v) is 14.9. The first-order valence-electron chi connectivity index (χ1n) is 8.41. The number of allylic oxidation sites excluding steroid dienone is 1. The minimum Gasteiger partial charge on any atom is -0.389 e. The summed E-state index contributed by atoms with van der Waals surface area (Å²) in [6.45, 7) is 9.59. The lowest BCUT2D eigenvalue weighted by molar-refractivity contribution is -0.127. The van der Waals surface area contributed by atoms with Gasteiger partial charge in [-0.15, -0.1) is 0 Å². The summed E-state index contributed by atoms with van der Waals surface area (Å²) >= 11 is 0. The molecule has 1 aromatic carbocycles. The van der Waals surface area contributed by atoms with Crippen molar-refractivity contribution in [2.24, 2.45) is 5.41 Å². The molecule has 2 rings (SSSR count). The molecule has 126 valence electrons. The monoisotopic (exact) mass is 315 g/mol. The van der Waals surface area contributed by atoms with Crippen molar-refractivity contribution in [2.75, 3.05) is 0 Å². The van der Waals surface area contributed by atoms with E-state index in [2.05, 4.69) is 17.4 Å². The molecule has 1 saturated carbocycles.